The number of aromatic nitrogens is 4. The summed E-state index contributed by atoms with van der Waals surface area (Å²) < 4.78 is 13.3. The Hall–Kier alpha value is -3.25. The molecule has 0 radical (unpaired) electrons. The highest BCUT2D eigenvalue weighted by Crippen LogP contribution is 2.21. The summed E-state index contributed by atoms with van der Waals surface area (Å²) in [5.74, 6) is 7.12. The number of hydrogen-bond donors (Lipinski definition) is 3. The first-order valence-corrected chi connectivity index (χ1v) is 11.6. The van der Waals surface area contributed by atoms with Crippen molar-refractivity contribution in [1.29, 1.82) is 0 Å². The lowest BCUT2D eigenvalue weighted by molar-refractivity contribution is 0.0490. The number of likely N-dealkylation sites (tertiary alicyclic amines) is 1. The number of aryl methyl sites for hydroxylation is 1. The van der Waals surface area contributed by atoms with E-state index in [0.29, 0.717) is 35.9 Å². The van der Waals surface area contributed by atoms with Gasteiger partial charge in [-0.2, -0.15) is 4.98 Å². The molecule has 0 aromatic carbocycles. The number of amides is 1. The van der Waals surface area contributed by atoms with Crippen molar-refractivity contribution in [1.82, 2.24) is 35.2 Å². The first kappa shape index (κ1) is 23.9. The first-order valence-electron chi connectivity index (χ1n) is 11.6. The Morgan fingerprint density at radius 1 is 1.26 bits per heavy atom. The number of nitrogens with one attached hydrogen (secondary N) is 2. The van der Waals surface area contributed by atoms with Gasteiger partial charge in [0.2, 0.25) is 11.8 Å². The zero-order valence-corrected chi connectivity index (χ0v) is 19.7. The predicted octanol–water partition coefficient (Wildman–Crippen LogP) is 0.326. The fourth-order valence-electron chi connectivity index (χ4n) is 4.21. The third-order valence-corrected chi connectivity index (χ3v) is 6.26. The number of nitrogens with zero attached hydrogens (tertiary/aromatic N) is 6. The molecule has 4 heterocycles. The van der Waals surface area contributed by atoms with E-state index in [0.717, 1.165) is 52.0 Å². The van der Waals surface area contributed by atoms with Gasteiger partial charge >= 0.3 is 0 Å². The van der Waals surface area contributed by atoms with Crippen LogP contribution in [0.5, 0.6) is 5.88 Å². The molecule has 2 aliphatic rings. The number of hydrazine groups is 1. The third kappa shape index (κ3) is 5.81. The van der Waals surface area contributed by atoms with Crippen molar-refractivity contribution in [2.24, 2.45) is 23.8 Å². The van der Waals surface area contributed by atoms with Crippen molar-refractivity contribution in [2.45, 2.75) is 31.7 Å². The molecule has 1 amide bonds. The topological polar surface area (TPSA) is 145 Å². The Bertz CT molecular complexity index is 995. The number of carbonyl (C=O) groups is 1. The van der Waals surface area contributed by atoms with Crippen molar-refractivity contribution < 1.29 is 14.3 Å². The van der Waals surface area contributed by atoms with Crippen LogP contribution in [0.2, 0.25) is 0 Å². The van der Waals surface area contributed by atoms with Gasteiger partial charge in [0.15, 0.2) is 5.82 Å². The van der Waals surface area contributed by atoms with Gasteiger partial charge in [0, 0.05) is 52.5 Å². The van der Waals surface area contributed by atoms with Crippen molar-refractivity contribution >= 4 is 11.9 Å². The molecule has 2 fully saturated rings. The van der Waals surface area contributed by atoms with Gasteiger partial charge in [-0.05, 0) is 31.6 Å². The monoisotopic (exact) mass is 471 g/mol. The van der Waals surface area contributed by atoms with E-state index < -0.39 is 0 Å². The number of carbonyl (C=O) groups excluding carboxylic acids is 1. The number of nitrogens with two attached hydrogens (primary N) is 1. The fourth-order valence-corrected chi connectivity index (χ4v) is 4.21. The van der Waals surface area contributed by atoms with Crippen LogP contribution in [0.1, 0.15) is 36.2 Å². The van der Waals surface area contributed by atoms with Crippen LogP contribution in [0.4, 0.5) is 0 Å². The van der Waals surface area contributed by atoms with Gasteiger partial charge < -0.3 is 24.3 Å². The van der Waals surface area contributed by atoms with Crippen LogP contribution in [0.3, 0.4) is 0 Å². The summed E-state index contributed by atoms with van der Waals surface area (Å²) in [5, 5.41) is 3.11. The molecule has 0 aliphatic carbocycles. The largest absolute Gasteiger partial charge is 0.477 e. The van der Waals surface area contributed by atoms with E-state index >= 15 is 0 Å². The van der Waals surface area contributed by atoms with Gasteiger partial charge in [0.1, 0.15) is 11.4 Å². The molecule has 4 N–H and O–H groups in total. The van der Waals surface area contributed by atoms with E-state index in [1.807, 2.05) is 11.6 Å². The molecule has 0 bridgehead atoms. The van der Waals surface area contributed by atoms with Crippen LogP contribution in [0, 0.1) is 5.92 Å². The van der Waals surface area contributed by atoms with E-state index in [4.69, 9.17) is 15.3 Å². The molecule has 0 saturated carbocycles. The molecule has 2 saturated heterocycles. The van der Waals surface area contributed by atoms with Gasteiger partial charge in [0.25, 0.3) is 5.91 Å². The summed E-state index contributed by atoms with van der Waals surface area (Å²) in [6.45, 7) is 3.51. The highest BCUT2D eigenvalue weighted by atomic mass is 16.5. The Labute approximate surface area is 198 Å². The highest BCUT2D eigenvalue weighted by molar-refractivity contribution is 5.93. The van der Waals surface area contributed by atoms with Gasteiger partial charge in [-0.3, -0.25) is 15.2 Å². The summed E-state index contributed by atoms with van der Waals surface area (Å²) >= 11 is 0. The average Bonchev–Trinajstić information content (AvgIpc) is 3.31. The molecule has 4 rings (SSSR count). The molecule has 0 unspecified atom stereocenters. The van der Waals surface area contributed by atoms with Gasteiger partial charge in [-0.15, -0.1) is 0 Å². The molecule has 2 aromatic rings. The maximum Gasteiger partial charge on any atom is 0.270 e. The summed E-state index contributed by atoms with van der Waals surface area (Å²) in [6.07, 6.45) is 6.81. The Morgan fingerprint density at radius 3 is 2.68 bits per heavy atom. The third-order valence-electron chi connectivity index (χ3n) is 6.26. The molecule has 0 spiro atoms. The molecule has 184 valence electrons. The molecule has 34 heavy (non-hydrogen) atoms. The zero-order chi connectivity index (χ0) is 23.9. The van der Waals surface area contributed by atoms with Crippen molar-refractivity contribution in [3.8, 4) is 17.4 Å². The van der Waals surface area contributed by atoms with Crippen LogP contribution in [-0.2, 0) is 11.8 Å². The molecule has 2 aliphatic heterocycles. The van der Waals surface area contributed by atoms with Gasteiger partial charge in [-0.25, -0.2) is 15.8 Å². The normalized spacial score (nSPS) is 18.1. The highest BCUT2D eigenvalue weighted by Gasteiger charge is 2.24. The second kappa shape index (κ2) is 11.3. The lowest BCUT2D eigenvalue weighted by atomic mass is 10.0. The number of hydrogen-bond acceptors (Lipinski definition) is 8. The smallest absolute Gasteiger partial charge is 0.270 e. The maximum absolute atomic E-state index is 13.1. The van der Waals surface area contributed by atoms with Gasteiger partial charge in [-0.1, -0.05) is 0 Å². The molecular formula is C22H33N9O3. The minimum atomic E-state index is -0.249. The minimum absolute atomic E-state index is 0.0290. The fraction of sp³-hybridized carbons (Fsp3) is 0.591. The lowest BCUT2D eigenvalue weighted by Gasteiger charge is -2.33. The standard InChI is InChI=1S/C22H33N9O3/c1-24-22(29-23)31-7-3-16(4-8-31)26-21(32)17-11-19(34-13-15-5-9-33-10-6-15)28-20(27-17)18-12-25-14-30(18)2/h11-12,14-16H,3-10,13,23H2,1-2H3,(H,24,29)(H,26,32). The zero-order valence-electron chi connectivity index (χ0n) is 19.7. The minimum Gasteiger partial charge on any atom is -0.477 e. The number of piperidine rings is 1. The van der Waals surface area contributed by atoms with Crippen LogP contribution in [0.25, 0.3) is 11.5 Å². The van der Waals surface area contributed by atoms with Crippen molar-refractivity contribution in [3.63, 3.8) is 0 Å². The summed E-state index contributed by atoms with van der Waals surface area (Å²) in [6, 6.07) is 1.64. The molecular weight excluding hydrogens is 438 g/mol. The molecule has 2 aromatic heterocycles. The summed E-state index contributed by atoms with van der Waals surface area (Å²) in [7, 11) is 3.55. The van der Waals surface area contributed by atoms with Gasteiger partial charge in [0.05, 0.1) is 19.1 Å². The van der Waals surface area contributed by atoms with Crippen molar-refractivity contribution in [2.75, 3.05) is 40.0 Å². The Kier molecular flexibility index (Phi) is 7.91. The van der Waals surface area contributed by atoms with Crippen LogP contribution >= 0.6 is 0 Å². The molecule has 12 nitrogen and oxygen atoms in total. The molecule has 12 heteroatoms. The maximum atomic E-state index is 13.1. The predicted molar refractivity (Wildman–Crippen MR) is 126 cm³/mol. The van der Waals surface area contributed by atoms with E-state index in [9.17, 15) is 4.79 Å². The van der Waals surface area contributed by atoms with E-state index in [1.54, 1.807) is 25.6 Å². The average molecular weight is 472 g/mol. The van der Waals surface area contributed by atoms with E-state index in [-0.39, 0.29) is 17.6 Å². The first-order chi connectivity index (χ1) is 16.6. The number of aliphatic imine (C=N–C) groups is 1. The Balaban J connectivity index is 1.46. The number of guanidine groups is 1. The van der Waals surface area contributed by atoms with E-state index in [1.165, 1.54) is 0 Å². The van der Waals surface area contributed by atoms with Crippen LogP contribution in [0.15, 0.2) is 23.6 Å². The lowest BCUT2D eigenvalue weighted by Crippen LogP contribution is -2.51. The Morgan fingerprint density at radius 2 is 2.03 bits per heavy atom. The summed E-state index contributed by atoms with van der Waals surface area (Å²) in [5.41, 5.74) is 3.59. The number of ether oxygens (including phenoxy) is 2. The quantitative estimate of drug-likeness (QED) is 0.235. The van der Waals surface area contributed by atoms with Crippen molar-refractivity contribution in [3.05, 3.63) is 24.3 Å². The SMILES string of the molecule is CN=C(NN)N1CCC(NC(=O)c2cc(OCC3CCOCC3)nc(-c3cncn3C)n2)CC1. The second-order valence-electron chi connectivity index (χ2n) is 8.60. The number of rotatable bonds is 6. The van der Waals surface area contributed by atoms with Crippen LogP contribution < -0.4 is 21.3 Å². The molecule has 0 atom stereocenters. The summed E-state index contributed by atoms with van der Waals surface area (Å²) in [4.78, 5) is 32.6. The van der Waals surface area contributed by atoms with Crippen LogP contribution in [-0.4, -0.2) is 82.3 Å². The number of imidazole rings is 1. The van der Waals surface area contributed by atoms with E-state index in [2.05, 4.69) is 35.6 Å². The second-order valence-corrected chi connectivity index (χ2v) is 8.60.